The van der Waals surface area contributed by atoms with E-state index in [4.69, 9.17) is 0 Å². The Balaban J connectivity index is 2.91. The molecule has 0 saturated carbocycles. The molecule has 1 unspecified atom stereocenters. The summed E-state index contributed by atoms with van der Waals surface area (Å²) in [6.07, 6.45) is 1.08. The number of amides is 2. The number of methoxy groups -OCH3 is 1. The number of likely N-dealkylation sites (tertiary alicyclic amines) is 1. The molecule has 0 radical (unpaired) electrons. The van der Waals surface area contributed by atoms with Crippen molar-refractivity contribution >= 4 is 30.6 Å². The Morgan fingerprint density at radius 2 is 1.84 bits per heavy atom. The average molecular weight is 290 g/mol. The number of carbonyl (C=O) groups is 3. The van der Waals surface area contributed by atoms with Gasteiger partial charge >= 0.3 is 18.0 Å². The number of nitrogens with zero attached hydrogens (tertiary/aromatic N) is 1. The van der Waals surface area contributed by atoms with E-state index in [1.165, 1.54) is 7.11 Å². The number of rotatable bonds is 4. The van der Waals surface area contributed by atoms with Gasteiger partial charge in [0.2, 0.25) is 0 Å². The SMILES string of the molecule is COC(=O)CC(CS)C(=O)[N+]1(C(=O)O)CCCCC1. The number of quaternary nitrogens is 1. The van der Waals surface area contributed by atoms with Gasteiger partial charge < -0.3 is 9.84 Å². The first-order valence-corrected chi connectivity index (χ1v) is 6.94. The lowest BCUT2D eigenvalue weighted by atomic mass is 10.0. The summed E-state index contributed by atoms with van der Waals surface area (Å²) in [6, 6.07) is 0. The fourth-order valence-electron chi connectivity index (χ4n) is 2.42. The van der Waals surface area contributed by atoms with Crippen molar-refractivity contribution in [2.24, 2.45) is 5.92 Å². The summed E-state index contributed by atoms with van der Waals surface area (Å²) in [6.45, 7) is 0.583. The van der Waals surface area contributed by atoms with Crippen LogP contribution in [0.4, 0.5) is 4.79 Å². The van der Waals surface area contributed by atoms with Crippen molar-refractivity contribution in [2.75, 3.05) is 26.0 Å². The lowest BCUT2D eigenvalue weighted by Gasteiger charge is -2.35. The smallest absolute Gasteiger partial charge is 0.469 e. The number of imide groups is 1. The van der Waals surface area contributed by atoms with E-state index in [2.05, 4.69) is 17.4 Å². The minimum Gasteiger partial charge on any atom is -0.469 e. The normalized spacial score (nSPS) is 19.5. The van der Waals surface area contributed by atoms with Crippen LogP contribution in [-0.4, -0.2) is 53.5 Å². The molecule has 6 nitrogen and oxygen atoms in total. The lowest BCUT2D eigenvalue weighted by molar-refractivity contribution is -0.789. The Morgan fingerprint density at radius 3 is 2.26 bits per heavy atom. The van der Waals surface area contributed by atoms with E-state index in [9.17, 15) is 19.5 Å². The molecule has 1 aliphatic rings. The predicted molar refractivity (Wildman–Crippen MR) is 70.9 cm³/mol. The maximum atomic E-state index is 12.5. The fraction of sp³-hybridized carbons (Fsp3) is 0.750. The summed E-state index contributed by atoms with van der Waals surface area (Å²) in [5.74, 6) is -1.54. The van der Waals surface area contributed by atoms with Gasteiger partial charge in [-0.2, -0.15) is 21.9 Å². The van der Waals surface area contributed by atoms with Crippen molar-refractivity contribution in [3.63, 3.8) is 0 Å². The molecule has 0 spiro atoms. The maximum Gasteiger partial charge on any atom is 0.521 e. The fourth-order valence-corrected chi connectivity index (χ4v) is 2.71. The van der Waals surface area contributed by atoms with Gasteiger partial charge in [0.05, 0.1) is 32.5 Å². The summed E-state index contributed by atoms with van der Waals surface area (Å²) >= 11 is 4.06. The van der Waals surface area contributed by atoms with Crippen LogP contribution in [0.1, 0.15) is 25.7 Å². The third-order valence-electron chi connectivity index (χ3n) is 3.58. The number of ether oxygens (including phenoxy) is 1. The minimum absolute atomic E-state index is 0.119. The van der Waals surface area contributed by atoms with Gasteiger partial charge in [0.25, 0.3) is 0 Å². The van der Waals surface area contributed by atoms with E-state index in [-0.39, 0.29) is 12.2 Å². The third-order valence-corrected chi connectivity index (χ3v) is 4.02. The molecule has 1 aliphatic heterocycles. The van der Waals surface area contributed by atoms with Crippen molar-refractivity contribution in [3.8, 4) is 0 Å². The van der Waals surface area contributed by atoms with E-state index in [1.807, 2.05) is 0 Å². The number of carboxylic acid groups (broad SMARTS) is 1. The van der Waals surface area contributed by atoms with Crippen LogP contribution in [0.25, 0.3) is 0 Å². The van der Waals surface area contributed by atoms with E-state index in [1.54, 1.807) is 0 Å². The zero-order valence-corrected chi connectivity index (χ0v) is 11.9. The van der Waals surface area contributed by atoms with Crippen molar-refractivity contribution in [1.29, 1.82) is 0 Å². The number of hydrogen-bond acceptors (Lipinski definition) is 5. The second-order valence-electron chi connectivity index (χ2n) is 4.76. The highest BCUT2D eigenvalue weighted by Crippen LogP contribution is 2.25. The van der Waals surface area contributed by atoms with Gasteiger partial charge in [0.15, 0.2) is 0 Å². The predicted octanol–water partition coefficient (Wildman–Crippen LogP) is 1.30. The number of thiol groups is 1. The number of carbonyl (C=O) groups excluding carboxylic acids is 2. The van der Waals surface area contributed by atoms with Crippen LogP contribution in [0.15, 0.2) is 0 Å². The maximum absolute atomic E-state index is 12.5. The highest BCUT2D eigenvalue weighted by atomic mass is 32.1. The quantitative estimate of drug-likeness (QED) is 0.463. The molecule has 0 aromatic carbocycles. The van der Waals surface area contributed by atoms with Crippen molar-refractivity contribution in [3.05, 3.63) is 0 Å². The molecule has 1 atom stereocenters. The highest BCUT2D eigenvalue weighted by Gasteiger charge is 2.49. The average Bonchev–Trinajstić information content (AvgIpc) is 2.44. The van der Waals surface area contributed by atoms with Gasteiger partial charge in [-0.05, 0) is 19.3 Å². The van der Waals surface area contributed by atoms with Crippen molar-refractivity contribution in [1.82, 2.24) is 0 Å². The second-order valence-corrected chi connectivity index (χ2v) is 5.12. The molecule has 2 amide bonds. The summed E-state index contributed by atoms with van der Waals surface area (Å²) < 4.78 is 3.95. The zero-order valence-electron chi connectivity index (χ0n) is 11.0. The molecule has 19 heavy (non-hydrogen) atoms. The van der Waals surface area contributed by atoms with E-state index in [0.717, 1.165) is 6.42 Å². The zero-order chi connectivity index (χ0) is 14.5. The molecule has 7 heteroatoms. The molecule has 0 aromatic heterocycles. The van der Waals surface area contributed by atoms with Gasteiger partial charge in [-0.15, -0.1) is 0 Å². The molecule has 108 valence electrons. The highest BCUT2D eigenvalue weighted by molar-refractivity contribution is 7.80. The summed E-state index contributed by atoms with van der Waals surface area (Å²) in [7, 11) is 1.24. The van der Waals surface area contributed by atoms with Gasteiger partial charge in [0, 0.05) is 5.75 Å². The standard InChI is InChI=1S/C12H19NO5S/c1-18-10(14)7-9(8-19)11(15)13(12(16)17)5-3-2-4-6-13/h9H,2-8H2,1H3,(H-,16,17,19)/p+1. The van der Waals surface area contributed by atoms with Crippen LogP contribution in [0.5, 0.6) is 0 Å². The van der Waals surface area contributed by atoms with Gasteiger partial charge in [-0.3, -0.25) is 4.79 Å². The van der Waals surface area contributed by atoms with Crippen molar-refractivity contribution < 1.29 is 28.7 Å². The van der Waals surface area contributed by atoms with Crippen LogP contribution in [-0.2, 0) is 14.3 Å². The van der Waals surface area contributed by atoms with Crippen molar-refractivity contribution in [2.45, 2.75) is 25.7 Å². The second kappa shape index (κ2) is 6.91. The Bertz CT molecular complexity index is 365. The number of esters is 1. The van der Waals surface area contributed by atoms with Crippen LogP contribution >= 0.6 is 12.6 Å². The first kappa shape index (κ1) is 16.0. The lowest BCUT2D eigenvalue weighted by Crippen LogP contribution is -2.61. The third kappa shape index (κ3) is 3.48. The molecule has 0 aromatic rings. The molecule has 1 fully saturated rings. The summed E-state index contributed by atoms with van der Waals surface area (Å²) in [5, 5.41) is 9.41. The van der Waals surface area contributed by atoms with Crippen LogP contribution in [0.3, 0.4) is 0 Å². The summed E-state index contributed by atoms with van der Waals surface area (Å²) in [5.41, 5.74) is 0. The molecule has 0 aliphatic carbocycles. The van der Waals surface area contributed by atoms with E-state index < -0.39 is 28.4 Å². The monoisotopic (exact) mass is 290 g/mol. The molecule has 1 N–H and O–H groups in total. The molecular formula is C12H20NO5S+. The Hall–Kier alpha value is -1.08. The molecule has 1 rings (SSSR count). The molecule has 1 heterocycles. The van der Waals surface area contributed by atoms with E-state index >= 15 is 0 Å². The largest absolute Gasteiger partial charge is 0.521 e. The van der Waals surface area contributed by atoms with Gasteiger partial charge in [-0.1, -0.05) is 0 Å². The Labute approximate surface area is 117 Å². The summed E-state index contributed by atoms with van der Waals surface area (Å²) in [4.78, 5) is 35.3. The first-order chi connectivity index (χ1) is 8.97. The van der Waals surface area contributed by atoms with Crippen LogP contribution < -0.4 is 0 Å². The number of hydrogen-bond donors (Lipinski definition) is 2. The molecule has 0 bridgehead atoms. The minimum atomic E-state index is -1.14. The van der Waals surface area contributed by atoms with Gasteiger partial charge in [0.1, 0.15) is 0 Å². The molecular weight excluding hydrogens is 270 g/mol. The van der Waals surface area contributed by atoms with E-state index in [0.29, 0.717) is 25.9 Å². The van der Waals surface area contributed by atoms with Gasteiger partial charge in [-0.25, -0.2) is 4.79 Å². The first-order valence-electron chi connectivity index (χ1n) is 6.30. The van der Waals surface area contributed by atoms with Crippen LogP contribution in [0, 0.1) is 5.92 Å². The Morgan fingerprint density at radius 1 is 1.26 bits per heavy atom. The molecule has 1 saturated heterocycles. The Kier molecular flexibility index (Phi) is 5.81. The van der Waals surface area contributed by atoms with Crippen LogP contribution in [0.2, 0.25) is 0 Å². The number of piperidine rings is 1. The topological polar surface area (TPSA) is 80.7 Å².